The summed E-state index contributed by atoms with van der Waals surface area (Å²) in [5.41, 5.74) is 1.61. The molecule has 0 spiro atoms. The van der Waals surface area contributed by atoms with Gasteiger partial charge >= 0.3 is 0 Å². The third-order valence-electron chi connectivity index (χ3n) is 6.22. The van der Waals surface area contributed by atoms with Crippen LogP contribution >= 0.6 is 0 Å². The quantitative estimate of drug-likeness (QED) is 0.407. The summed E-state index contributed by atoms with van der Waals surface area (Å²) in [6.45, 7) is 6.57. The number of nitrogens with one attached hydrogen (secondary N) is 1. The average Bonchev–Trinajstić information content (AvgIpc) is 2.93. The summed E-state index contributed by atoms with van der Waals surface area (Å²) in [5, 5.41) is 2.93. The molecule has 0 unspecified atom stereocenters. The summed E-state index contributed by atoms with van der Waals surface area (Å²) in [5.74, 6) is -0.722. The molecule has 7 nitrogen and oxygen atoms in total. The van der Waals surface area contributed by atoms with E-state index in [1.165, 1.54) is 34.6 Å². The Hall–Kier alpha value is -3.53. The summed E-state index contributed by atoms with van der Waals surface area (Å²) in [7, 11) is -3.94. The van der Waals surface area contributed by atoms with Gasteiger partial charge in [-0.2, -0.15) is 0 Å². The highest BCUT2D eigenvalue weighted by atomic mass is 32.2. The van der Waals surface area contributed by atoms with E-state index < -0.39 is 15.9 Å². The zero-order valence-electron chi connectivity index (χ0n) is 20.4. The van der Waals surface area contributed by atoms with Crippen molar-refractivity contribution in [1.29, 1.82) is 0 Å². The number of sulfonamides is 1. The van der Waals surface area contributed by atoms with Crippen LogP contribution in [0.15, 0.2) is 96.4 Å². The molecular formula is C28H30FN3O4S. The van der Waals surface area contributed by atoms with Crippen LogP contribution < -0.4 is 9.62 Å². The molecule has 9 heteroatoms. The molecule has 1 aliphatic heterocycles. The van der Waals surface area contributed by atoms with Gasteiger partial charge in [0, 0.05) is 25.2 Å². The Balaban J connectivity index is 1.54. The molecule has 1 N–H and O–H groups in total. The van der Waals surface area contributed by atoms with Crippen LogP contribution in [0.2, 0.25) is 0 Å². The minimum atomic E-state index is -3.94. The molecule has 37 heavy (non-hydrogen) atoms. The van der Waals surface area contributed by atoms with E-state index in [0.717, 1.165) is 5.56 Å². The maximum absolute atomic E-state index is 13.5. The topological polar surface area (TPSA) is 79.0 Å². The number of anilines is 1. The van der Waals surface area contributed by atoms with Gasteiger partial charge in [0.15, 0.2) is 0 Å². The van der Waals surface area contributed by atoms with Crippen molar-refractivity contribution >= 4 is 21.6 Å². The van der Waals surface area contributed by atoms with Gasteiger partial charge < -0.3 is 10.1 Å². The Morgan fingerprint density at radius 1 is 1.05 bits per heavy atom. The molecule has 1 fully saturated rings. The van der Waals surface area contributed by atoms with Crippen molar-refractivity contribution < 1.29 is 22.3 Å². The molecule has 1 atom stereocenters. The molecule has 194 valence electrons. The lowest BCUT2D eigenvalue weighted by molar-refractivity contribution is 0.0162. The van der Waals surface area contributed by atoms with Crippen LogP contribution in [0.1, 0.15) is 22.0 Å². The number of ether oxygens (including phenoxy) is 1. The molecule has 1 amide bonds. The highest BCUT2D eigenvalue weighted by molar-refractivity contribution is 7.92. The zero-order valence-corrected chi connectivity index (χ0v) is 21.2. The summed E-state index contributed by atoms with van der Waals surface area (Å²) >= 11 is 0. The van der Waals surface area contributed by atoms with E-state index in [2.05, 4.69) is 16.8 Å². The third-order valence-corrected chi connectivity index (χ3v) is 8.01. The molecular weight excluding hydrogens is 493 g/mol. The SMILES string of the molecule is C=CCN(c1ccccc1)S(=O)(=O)c1cccc(C(=O)NC[C@H](c2ccc(F)cc2)N2CCOCC2)c1. The van der Waals surface area contributed by atoms with Crippen molar-refractivity contribution in [2.75, 3.05) is 43.7 Å². The fourth-order valence-electron chi connectivity index (χ4n) is 4.30. The summed E-state index contributed by atoms with van der Waals surface area (Å²) < 4.78 is 47.2. The van der Waals surface area contributed by atoms with Gasteiger partial charge in [-0.15, -0.1) is 6.58 Å². The van der Waals surface area contributed by atoms with E-state index in [1.54, 1.807) is 48.5 Å². The van der Waals surface area contributed by atoms with Crippen molar-refractivity contribution in [2.24, 2.45) is 0 Å². The largest absolute Gasteiger partial charge is 0.379 e. The molecule has 0 radical (unpaired) electrons. The molecule has 3 aromatic carbocycles. The Labute approximate surface area is 217 Å². The lowest BCUT2D eigenvalue weighted by Gasteiger charge is -2.35. The van der Waals surface area contributed by atoms with E-state index in [4.69, 9.17) is 4.74 Å². The number of rotatable bonds is 10. The van der Waals surface area contributed by atoms with Crippen LogP contribution in [-0.4, -0.2) is 58.6 Å². The highest BCUT2D eigenvalue weighted by Gasteiger charge is 2.26. The molecule has 1 heterocycles. The average molecular weight is 524 g/mol. The first-order valence-electron chi connectivity index (χ1n) is 12.0. The summed E-state index contributed by atoms with van der Waals surface area (Å²) in [6.07, 6.45) is 1.52. The fourth-order valence-corrected chi connectivity index (χ4v) is 5.78. The smallest absolute Gasteiger partial charge is 0.264 e. The van der Waals surface area contributed by atoms with Crippen LogP contribution in [0.5, 0.6) is 0 Å². The second-order valence-electron chi connectivity index (χ2n) is 8.61. The number of carbonyl (C=O) groups is 1. The van der Waals surface area contributed by atoms with Gasteiger partial charge in [-0.1, -0.05) is 42.5 Å². The maximum Gasteiger partial charge on any atom is 0.264 e. The van der Waals surface area contributed by atoms with E-state index >= 15 is 0 Å². The number of nitrogens with zero attached hydrogens (tertiary/aromatic N) is 2. The molecule has 0 aromatic heterocycles. The van der Waals surface area contributed by atoms with Gasteiger partial charge in [-0.25, -0.2) is 12.8 Å². The van der Waals surface area contributed by atoms with E-state index in [1.807, 2.05) is 6.07 Å². The molecule has 3 aromatic rings. The molecule has 1 aliphatic rings. The highest BCUT2D eigenvalue weighted by Crippen LogP contribution is 2.25. The molecule has 1 saturated heterocycles. The van der Waals surface area contributed by atoms with Crippen molar-refractivity contribution in [3.8, 4) is 0 Å². The van der Waals surface area contributed by atoms with Gasteiger partial charge in [0.05, 0.1) is 36.4 Å². The van der Waals surface area contributed by atoms with Crippen molar-refractivity contribution in [3.05, 3.63) is 108 Å². The normalized spacial score (nSPS) is 15.1. The molecule has 0 bridgehead atoms. The molecule has 0 saturated carbocycles. The minimum Gasteiger partial charge on any atom is -0.379 e. The Bertz CT molecular complexity index is 1310. The maximum atomic E-state index is 13.5. The number of benzene rings is 3. The minimum absolute atomic E-state index is 0.00844. The summed E-state index contributed by atoms with van der Waals surface area (Å²) in [6, 6.07) is 20.8. The fraction of sp³-hybridized carbons (Fsp3) is 0.250. The number of amides is 1. The monoisotopic (exact) mass is 523 g/mol. The van der Waals surface area contributed by atoms with Crippen LogP contribution in [0.4, 0.5) is 10.1 Å². The predicted molar refractivity (Wildman–Crippen MR) is 141 cm³/mol. The van der Waals surface area contributed by atoms with Gasteiger partial charge in [-0.05, 0) is 48.0 Å². The first-order valence-corrected chi connectivity index (χ1v) is 13.5. The second-order valence-corrected chi connectivity index (χ2v) is 10.5. The van der Waals surface area contributed by atoms with E-state index in [0.29, 0.717) is 32.0 Å². The van der Waals surface area contributed by atoms with Crippen molar-refractivity contribution in [3.63, 3.8) is 0 Å². The number of carbonyl (C=O) groups excluding carboxylic acids is 1. The van der Waals surface area contributed by atoms with Crippen molar-refractivity contribution in [1.82, 2.24) is 10.2 Å². The Morgan fingerprint density at radius 3 is 2.43 bits per heavy atom. The van der Waals surface area contributed by atoms with E-state index in [9.17, 15) is 17.6 Å². The molecule has 4 rings (SSSR count). The third kappa shape index (κ3) is 6.43. The first kappa shape index (κ1) is 26.5. The predicted octanol–water partition coefficient (Wildman–Crippen LogP) is 4.01. The Kier molecular flexibility index (Phi) is 8.70. The number of hydrogen-bond acceptors (Lipinski definition) is 5. The number of hydrogen-bond donors (Lipinski definition) is 1. The van der Waals surface area contributed by atoms with Gasteiger partial charge in [0.1, 0.15) is 5.82 Å². The van der Waals surface area contributed by atoms with Crippen LogP contribution in [0, 0.1) is 5.82 Å². The lowest BCUT2D eigenvalue weighted by atomic mass is 10.0. The number of halogens is 1. The number of para-hydroxylation sites is 1. The van der Waals surface area contributed by atoms with Gasteiger partial charge in [0.2, 0.25) is 0 Å². The number of morpholine rings is 1. The first-order chi connectivity index (χ1) is 17.9. The van der Waals surface area contributed by atoms with Gasteiger partial charge in [0.25, 0.3) is 15.9 Å². The summed E-state index contributed by atoms with van der Waals surface area (Å²) in [4.78, 5) is 15.3. The van der Waals surface area contributed by atoms with Crippen LogP contribution in [0.3, 0.4) is 0 Å². The standard InChI is InChI=1S/C28H30FN3O4S/c1-2-15-32(25-8-4-3-5-9-25)37(34,35)26-10-6-7-23(20-26)28(33)30-21-27(31-16-18-36-19-17-31)22-11-13-24(29)14-12-22/h2-14,20,27H,1,15-19,21H2,(H,30,33)/t27-/m1/s1. The van der Waals surface area contributed by atoms with Crippen LogP contribution in [0.25, 0.3) is 0 Å². The van der Waals surface area contributed by atoms with Crippen molar-refractivity contribution in [2.45, 2.75) is 10.9 Å². The zero-order chi connectivity index (χ0) is 26.3. The Morgan fingerprint density at radius 2 is 1.76 bits per heavy atom. The second kappa shape index (κ2) is 12.1. The lowest BCUT2D eigenvalue weighted by Crippen LogP contribution is -2.43. The molecule has 0 aliphatic carbocycles. The van der Waals surface area contributed by atoms with Crippen LogP contribution in [-0.2, 0) is 14.8 Å². The van der Waals surface area contributed by atoms with E-state index in [-0.39, 0.29) is 35.4 Å². The van der Waals surface area contributed by atoms with Gasteiger partial charge in [-0.3, -0.25) is 14.0 Å².